The largest absolute Gasteiger partial charge is 0.394 e. The van der Waals surface area contributed by atoms with Gasteiger partial charge in [0.1, 0.15) is 18.3 Å². The van der Waals surface area contributed by atoms with Crippen LogP contribution in [0, 0.1) is 0 Å². The lowest BCUT2D eigenvalue weighted by Gasteiger charge is -2.23. The normalized spacial score (nSPS) is 32.5. The number of thiazole rings is 1. The Kier molecular flexibility index (Phi) is 3.22. The number of rotatable bonds is 2. The molecule has 2 aromatic rings. The van der Waals surface area contributed by atoms with Gasteiger partial charge in [0.2, 0.25) is 5.95 Å². The molecule has 124 valence electrons. The number of nitrogen functional groups attached to an aromatic ring is 1. The van der Waals surface area contributed by atoms with E-state index in [-0.39, 0.29) is 17.4 Å². The van der Waals surface area contributed by atoms with Gasteiger partial charge in [0.05, 0.1) is 17.5 Å². The van der Waals surface area contributed by atoms with E-state index in [1.165, 1.54) is 10.8 Å². The molecule has 2 aliphatic rings. The molecule has 0 bridgehead atoms. The van der Waals surface area contributed by atoms with Crippen molar-refractivity contribution in [3.05, 3.63) is 15.9 Å². The third-order valence-corrected chi connectivity index (χ3v) is 4.82. The Morgan fingerprint density at radius 1 is 1.43 bits per heavy atom. The fourth-order valence-electron chi connectivity index (χ4n) is 3.09. The standard InChI is InChI=1S/C13H16N4O5S/c1-13(2)21-7-5(4-18)20-10(8(7)22-13)17-9-6(23-12(17)19)3-15-11(14)16-9/h3,5,7-8,10,18H,4H2,1-2H3,(H2,14,15,16)/t5-,7-,8-,10-/m1/s1. The zero-order valence-electron chi connectivity index (χ0n) is 12.5. The van der Waals surface area contributed by atoms with Gasteiger partial charge in [0.15, 0.2) is 17.7 Å². The summed E-state index contributed by atoms with van der Waals surface area (Å²) in [6.45, 7) is 3.34. The molecule has 3 N–H and O–H groups in total. The van der Waals surface area contributed by atoms with Gasteiger partial charge in [-0.15, -0.1) is 0 Å². The lowest BCUT2D eigenvalue weighted by molar-refractivity contribution is -0.199. The molecule has 4 rings (SSSR count). The van der Waals surface area contributed by atoms with Crippen LogP contribution in [0.1, 0.15) is 20.1 Å². The molecule has 4 heterocycles. The van der Waals surface area contributed by atoms with Gasteiger partial charge >= 0.3 is 4.87 Å². The molecule has 2 saturated heterocycles. The molecule has 2 aliphatic heterocycles. The first-order valence-corrected chi connectivity index (χ1v) is 7.97. The van der Waals surface area contributed by atoms with Crippen molar-refractivity contribution in [2.75, 3.05) is 12.3 Å². The van der Waals surface area contributed by atoms with E-state index in [4.69, 9.17) is 19.9 Å². The number of fused-ring (bicyclic) bond motifs is 2. The Balaban J connectivity index is 1.83. The van der Waals surface area contributed by atoms with E-state index in [2.05, 4.69) is 9.97 Å². The van der Waals surface area contributed by atoms with Gasteiger partial charge in [0, 0.05) is 0 Å². The van der Waals surface area contributed by atoms with Crippen molar-refractivity contribution < 1.29 is 19.3 Å². The van der Waals surface area contributed by atoms with Gasteiger partial charge in [-0.3, -0.25) is 9.36 Å². The summed E-state index contributed by atoms with van der Waals surface area (Å²) in [5.41, 5.74) is 6.03. The van der Waals surface area contributed by atoms with Crippen molar-refractivity contribution in [3.8, 4) is 0 Å². The zero-order valence-corrected chi connectivity index (χ0v) is 13.3. The van der Waals surface area contributed by atoms with Gasteiger partial charge in [-0.05, 0) is 13.8 Å². The summed E-state index contributed by atoms with van der Waals surface area (Å²) < 4.78 is 19.5. The van der Waals surface area contributed by atoms with Crippen LogP contribution in [0.4, 0.5) is 5.95 Å². The predicted octanol–water partition coefficient (Wildman–Crippen LogP) is -0.155. The fourth-order valence-corrected chi connectivity index (χ4v) is 3.91. The summed E-state index contributed by atoms with van der Waals surface area (Å²) >= 11 is 1.01. The summed E-state index contributed by atoms with van der Waals surface area (Å²) in [4.78, 5) is 20.2. The van der Waals surface area contributed by atoms with Crippen LogP contribution in [-0.4, -0.2) is 50.3 Å². The van der Waals surface area contributed by atoms with Crippen LogP contribution in [0.25, 0.3) is 10.3 Å². The molecule has 0 aliphatic carbocycles. The molecule has 2 fully saturated rings. The van der Waals surface area contributed by atoms with Crippen LogP contribution in [0.2, 0.25) is 0 Å². The minimum absolute atomic E-state index is 0.0706. The number of aliphatic hydroxyl groups is 1. The molecule has 0 amide bonds. The highest BCUT2D eigenvalue weighted by molar-refractivity contribution is 7.16. The van der Waals surface area contributed by atoms with Crippen molar-refractivity contribution in [2.45, 2.75) is 44.2 Å². The summed E-state index contributed by atoms with van der Waals surface area (Å²) in [6.07, 6.45) is -0.788. The highest BCUT2D eigenvalue weighted by Crippen LogP contribution is 2.43. The predicted molar refractivity (Wildman–Crippen MR) is 80.9 cm³/mol. The van der Waals surface area contributed by atoms with E-state index in [1.807, 2.05) is 0 Å². The highest BCUT2D eigenvalue weighted by atomic mass is 32.1. The van der Waals surface area contributed by atoms with Crippen molar-refractivity contribution in [1.29, 1.82) is 0 Å². The molecular formula is C13H16N4O5S. The zero-order chi connectivity index (χ0) is 16.4. The second kappa shape index (κ2) is 4.95. The van der Waals surface area contributed by atoms with Gasteiger partial charge in [-0.1, -0.05) is 11.3 Å². The molecule has 10 heteroatoms. The maximum absolute atomic E-state index is 12.4. The van der Waals surface area contributed by atoms with Crippen LogP contribution in [0.3, 0.4) is 0 Å². The van der Waals surface area contributed by atoms with E-state index in [0.29, 0.717) is 10.3 Å². The van der Waals surface area contributed by atoms with Crippen LogP contribution >= 0.6 is 11.3 Å². The van der Waals surface area contributed by atoms with Gasteiger partial charge in [-0.25, -0.2) is 4.98 Å². The number of aliphatic hydroxyl groups excluding tert-OH is 1. The third kappa shape index (κ3) is 2.25. The molecule has 23 heavy (non-hydrogen) atoms. The van der Waals surface area contributed by atoms with E-state index in [9.17, 15) is 9.90 Å². The summed E-state index contributed by atoms with van der Waals surface area (Å²) in [5.74, 6) is -0.741. The van der Waals surface area contributed by atoms with Crippen LogP contribution < -0.4 is 10.6 Å². The van der Waals surface area contributed by atoms with Crippen LogP contribution in [-0.2, 0) is 14.2 Å². The molecule has 2 aromatic heterocycles. The molecule has 0 aromatic carbocycles. The molecule has 0 spiro atoms. The number of aromatic nitrogens is 3. The number of hydrogen-bond acceptors (Lipinski definition) is 9. The maximum Gasteiger partial charge on any atom is 0.311 e. The van der Waals surface area contributed by atoms with Gasteiger partial charge < -0.3 is 25.1 Å². The lowest BCUT2D eigenvalue weighted by atomic mass is 10.1. The van der Waals surface area contributed by atoms with E-state index < -0.39 is 30.3 Å². The summed E-state index contributed by atoms with van der Waals surface area (Å²) in [7, 11) is 0. The third-order valence-electron chi connectivity index (χ3n) is 3.94. The van der Waals surface area contributed by atoms with Crippen molar-refractivity contribution in [1.82, 2.24) is 14.5 Å². The maximum atomic E-state index is 12.4. The Morgan fingerprint density at radius 2 is 2.17 bits per heavy atom. The molecule has 9 nitrogen and oxygen atoms in total. The number of anilines is 1. The van der Waals surface area contributed by atoms with Gasteiger partial charge in [-0.2, -0.15) is 4.98 Å². The average Bonchev–Trinajstić information content (AvgIpc) is 3.06. The SMILES string of the molecule is CC1(C)O[C@@H]2[C@H](O1)[C@@H](CO)O[C@H]2n1c(=O)sc2cnc(N)nc21. The smallest absolute Gasteiger partial charge is 0.311 e. The summed E-state index contributed by atoms with van der Waals surface area (Å²) in [5, 5.41) is 9.53. The Labute approximate surface area is 134 Å². The highest BCUT2D eigenvalue weighted by Gasteiger charge is 2.56. The molecule has 0 saturated carbocycles. The number of hydrogen-bond donors (Lipinski definition) is 2. The Bertz CT molecular complexity index is 818. The first kappa shape index (κ1) is 15.0. The van der Waals surface area contributed by atoms with Gasteiger partial charge in [0.25, 0.3) is 0 Å². The number of nitrogens with two attached hydrogens (primary N) is 1. The quantitative estimate of drug-likeness (QED) is 0.774. The summed E-state index contributed by atoms with van der Waals surface area (Å²) in [6, 6.07) is 0. The van der Waals surface area contributed by atoms with E-state index >= 15 is 0 Å². The van der Waals surface area contributed by atoms with Crippen LogP contribution in [0.5, 0.6) is 0 Å². The lowest BCUT2D eigenvalue weighted by Crippen LogP contribution is -2.32. The second-order valence-electron chi connectivity index (χ2n) is 5.97. The Morgan fingerprint density at radius 3 is 2.91 bits per heavy atom. The molecule has 0 radical (unpaired) electrons. The molecular weight excluding hydrogens is 324 g/mol. The minimum Gasteiger partial charge on any atom is -0.394 e. The van der Waals surface area contributed by atoms with Crippen LogP contribution in [0.15, 0.2) is 11.0 Å². The van der Waals surface area contributed by atoms with Crippen molar-refractivity contribution >= 4 is 27.6 Å². The molecule has 0 unspecified atom stereocenters. The van der Waals surface area contributed by atoms with E-state index in [1.54, 1.807) is 13.8 Å². The Hall–Kier alpha value is -1.59. The monoisotopic (exact) mass is 340 g/mol. The fraction of sp³-hybridized carbons (Fsp3) is 0.615. The second-order valence-corrected chi connectivity index (χ2v) is 6.96. The number of ether oxygens (including phenoxy) is 3. The first-order chi connectivity index (χ1) is 10.9. The topological polar surface area (TPSA) is 122 Å². The van der Waals surface area contributed by atoms with Crippen molar-refractivity contribution in [3.63, 3.8) is 0 Å². The average molecular weight is 340 g/mol. The van der Waals surface area contributed by atoms with Crippen molar-refractivity contribution in [2.24, 2.45) is 0 Å². The minimum atomic E-state index is -0.811. The van der Waals surface area contributed by atoms with E-state index in [0.717, 1.165) is 11.3 Å². The first-order valence-electron chi connectivity index (χ1n) is 7.15. The molecule has 4 atom stereocenters. The number of nitrogens with zero attached hydrogens (tertiary/aromatic N) is 3.